The summed E-state index contributed by atoms with van der Waals surface area (Å²) in [6.45, 7) is 14.0. The number of piperazine rings is 1. The minimum atomic E-state index is -0.493. The molecule has 3 heterocycles. The fourth-order valence-electron chi connectivity index (χ4n) is 5.67. The number of hydrazone groups is 1. The van der Waals surface area contributed by atoms with E-state index in [1.807, 2.05) is 64.9 Å². The molecule has 1 N–H and O–H groups in total. The first-order valence-electron chi connectivity index (χ1n) is 14.2. The number of carbonyl (C=O) groups excluding carboxylic acids is 1. The standard InChI is InChI=1S/C31H38ClFN8O/c1-8-26(42)40-14-20(5)41(15-19(40)4)30-24-13-25(32)27(23-12-21(37-34-9-2)11-10-18(23)3)28(33)29(24)35-31(36-30)39-16-22(17-39)38(6)7/h8-13,19-20,22,37H,1,14-17H2,2-7H3/b34-9-/t19-,20+/m1/s1. The van der Waals surface area contributed by atoms with Gasteiger partial charge >= 0.3 is 0 Å². The molecule has 9 nitrogen and oxygen atoms in total. The number of hydrogen-bond acceptors (Lipinski definition) is 8. The van der Waals surface area contributed by atoms with Crippen LogP contribution in [0.4, 0.5) is 21.8 Å². The molecule has 0 radical (unpaired) electrons. The van der Waals surface area contributed by atoms with Gasteiger partial charge in [-0.2, -0.15) is 10.1 Å². The Kier molecular flexibility index (Phi) is 8.39. The largest absolute Gasteiger partial charge is 0.349 e. The first-order chi connectivity index (χ1) is 20.0. The molecule has 0 aliphatic carbocycles. The van der Waals surface area contributed by atoms with Crippen LogP contribution in [0.2, 0.25) is 5.02 Å². The zero-order valence-corrected chi connectivity index (χ0v) is 25.8. The first kappa shape index (κ1) is 29.7. The van der Waals surface area contributed by atoms with Gasteiger partial charge < -0.3 is 19.6 Å². The lowest BCUT2D eigenvalue weighted by Crippen LogP contribution is -2.59. The number of aryl methyl sites for hydroxylation is 1. The number of likely N-dealkylation sites (N-methyl/N-ethyl adjacent to an activating group) is 1. The number of hydrogen-bond donors (Lipinski definition) is 1. The normalized spacial score (nSPS) is 19.6. The maximum Gasteiger partial charge on any atom is 0.246 e. The van der Waals surface area contributed by atoms with Gasteiger partial charge in [0.25, 0.3) is 0 Å². The van der Waals surface area contributed by atoms with Gasteiger partial charge in [0.05, 0.1) is 10.7 Å². The first-order valence-corrected chi connectivity index (χ1v) is 14.6. The zero-order chi connectivity index (χ0) is 30.3. The van der Waals surface area contributed by atoms with E-state index in [4.69, 9.17) is 21.6 Å². The van der Waals surface area contributed by atoms with Crippen molar-refractivity contribution in [2.24, 2.45) is 5.10 Å². The number of benzene rings is 2. The second-order valence-corrected chi connectivity index (χ2v) is 11.8. The van der Waals surface area contributed by atoms with Gasteiger partial charge in [-0.1, -0.05) is 24.2 Å². The Bertz CT molecular complexity index is 1550. The van der Waals surface area contributed by atoms with Crippen LogP contribution >= 0.6 is 11.6 Å². The second kappa shape index (κ2) is 11.9. The van der Waals surface area contributed by atoms with Gasteiger partial charge in [-0.05, 0) is 77.2 Å². The van der Waals surface area contributed by atoms with Crippen molar-refractivity contribution in [2.75, 3.05) is 55.5 Å². The average molecular weight is 593 g/mol. The molecular formula is C31H38ClFN8O. The minimum Gasteiger partial charge on any atom is -0.349 e. The summed E-state index contributed by atoms with van der Waals surface area (Å²) in [6.07, 6.45) is 2.99. The van der Waals surface area contributed by atoms with Crippen molar-refractivity contribution < 1.29 is 9.18 Å². The van der Waals surface area contributed by atoms with Crippen LogP contribution in [0.5, 0.6) is 0 Å². The van der Waals surface area contributed by atoms with Crippen molar-refractivity contribution in [2.45, 2.75) is 45.8 Å². The van der Waals surface area contributed by atoms with Gasteiger partial charge in [-0.3, -0.25) is 10.2 Å². The Morgan fingerprint density at radius 1 is 1.17 bits per heavy atom. The molecule has 0 bridgehead atoms. The minimum absolute atomic E-state index is 0.0763. The molecule has 222 valence electrons. The number of halogens is 2. The topological polar surface area (TPSA) is 80.2 Å². The van der Waals surface area contributed by atoms with Crippen molar-refractivity contribution in [3.63, 3.8) is 0 Å². The number of anilines is 3. The summed E-state index contributed by atoms with van der Waals surface area (Å²) in [5.41, 5.74) is 5.73. The average Bonchev–Trinajstić information content (AvgIpc) is 2.93. The summed E-state index contributed by atoms with van der Waals surface area (Å²) >= 11 is 6.88. The number of carbonyl (C=O) groups is 1. The summed E-state index contributed by atoms with van der Waals surface area (Å²) in [6, 6.07) is 7.62. The Labute approximate surface area is 251 Å². The van der Waals surface area contributed by atoms with Gasteiger partial charge in [0.2, 0.25) is 11.9 Å². The molecule has 42 heavy (non-hydrogen) atoms. The van der Waals surface area contributed by atoms with Crippen LogP contribution in [0.25, 0.3) is 22.0 Å². The van der Waals surface area contributed by atoms with Crippen molar-refractivity contribution in [1.82, 2.24) is 19.8 Å². The van der Waals surface area contributed by atoms with Crippen LogP contribution < -0.4 is 15.2 Å². The van der Waals surface area contributed by atoms with Gasteiger partial charge in [0, 0.05) is 61.5 Å². The number of nitrogens with zero attached hydrogens (tertiary/aromatic N) is 7. The molecule has 1 amide bonds. The smallest absolute Gasteiger partial charge is 0.246 e. The molecule has 11 heteroatoms. The van der Waals surface area contributed by atoms with E-state index in [9.17, 15) is 4.79 Å². The lowest BCUT2D eigenvalue weighted by molar-refractivity contribution is -0.128. The third-order valence-corrected chi connectivity index (χ3v) is 8.57. The highest BCUT2D eigenvalue weighted by molar-refractivity contribution is 6.34. The van der Waals surface area contributed by atoms with Crippen molar-refractivity contribution in [3.8, 4) is 11.1 Å². The van der Waals surface area contributed by atoms with Crippen LogP contribution in [-0.4, -0.2) is 90.3 Å². The summed E-state index contributed by atoms with van der Waals surface area (Å²) < 4.78 is 16.8. The predicted octanol–water partition coefficient (Wildman–Crippen LogP) is 5.18. The molecule has 2 fully saturated rings. The maximum atomic E-state index is 16.8. The zero-order valence-electron chi connectivity index (χ0n) is 25.0. The highest BCUT2D eigenvalue weighted by Gasteiger charge is 2.36. The van der Waals surface area contributed by atoms with Crippen molar-refractivity contribution >= 4 is 52.1 Å². The molecule has 5 rings (SSSR count). The highest BCUT2D eigenvalue weighted by atomic mass is 35.5. The van der Waals surface area contributed by atoms with E-state index in [0.29, 0.717) is 47.4 Å². The van der Waals surface area contributed by atoms with E-state index in [1.165, 1.54) is 6.08 Å². The fraction of sp³-hybridized carbons (Fsp3) is 0.419. The molecule has 2 saturated heterocycles. The number of fused-ring (bicyclic) bond motifs is 1. The van der Waals surface area contributed by atoms with Gasteiger partial charge in [0.15, 0.2) is 5.82 Å². The molecule has 2 atom stereocenters. The molecule has 1 aromatic heterocycles. The van der Waals surface area contributed by atoms with Crippen LogP contribution in [0, 0.1) is 12.7 Å². The van der Waals surface area contributed by atoms with Crippen molar-refractivity contribution in [1.29, 1.82) is 0 Å². The van der Waals surface area contributed by atoms with Gasteiger partial charge in [-0.15, -0.1) is 0 Å². The number of nitrogens with one attached hydrogen (secondary N) is 1. The van der Waals surface area contributed by atoms with E-state index in [2.05, 4.69) is 31.8 Å². The third-order valence-electron chi connectivity index (χ3n) is 8.27. The van der Waals surface area contributed by atoms with Gasteiger partial charge in [0.1, 0.15) is 11.3 Å². The summed E-state index contributed by atoms with van der Waals surface area (Å²) in [5, 5.41) is 4.91. The number of amides is 1. The Morgan fingerprint density at radius 2 is 1.90 bits per heavy atom. The van der Waals surface area contributed by atoms with Crippen LogP contribution in [0.1, 0.15) is 26.3 Å². The van der Waals surface area contributed by atoms with E-state index in [1.54, 1.807) is 12.3 Å². The number of aromatic nitrogens is 2. The molecule has 0 saturated carbocycles. The molecular weight excluding hydrogens is 555 g/mol. The maximum absolute atomic E-state index is 16.8. The molecule has 0 spiro atoms. The van der Waals surface area contributed by atoms with E-state index >= 15 is 4.39 Å². The molecule has 2 aliphatic heterocycles. The van der Waals surface area contributed by atoms with Crippen LogP contribution in [0.15, 0.2) is 42.0 Å². The molecule has 3 aromatic rings. The van der Waals surface area contributed by atoms with Crippen LogP contribution in [0.3, 0.4) is 0 Å². The van der Waals surface area contributed by atoms with E-state index in [0.717, 1.165) is 24.3 Å². The highest BCUT2D eigenvalue weighted by Crippen LogP contribution is 2.41. The summed E-state index contributed by atoms with van der Waals surface area (Å²) in [7, 11) is 4.10. The lowest BCUT2D eigenvalue weighted by Gasteiger charge is -2.45. The fourth-order valence-corrected chi connectivity index (χ4v) is 5.96. The number of rotatable bonds is 7. The monoisotopic (exact) mass is 592 g/mol. The van der Waals surface area contributed by atoms with E-state index in [-0.39, 0.29) is 28.5 Å². The van der Waals surface area contributed by atoms with Gasteiger partial charge in [-0.25, -0.2) is 9.37 Å². The Balaban J connectivity index is 1.66. The third kappa shape index (κ3) is 5.41. The molecule has 2 aliphatic rings. The Morgan fingerprint density at radius 3 is 2.57 bits per heavy atom. The SMILES string of the molecule is C=CC(=O)N1C[C@H](C)N(c2nc(N3CC(N(C)C)C3)nc3c(F)c(-c4cc(N/N=C\C)ccc4C)c(Cl)cc23)C[C@H]1C. The Hall–Kier alpha value is -3.76. The van der Waals surface area contributed by atoms with E-state index < -0.39 is 5.82 Å². The predicted molar refractivity (Wildman–Crippen MR) is 170 cm³/mol. The summed E-state index contributed by atoms with van der Waals surface area (Å²) in [5.74, 6) is 0.502. The lowest BCUT2D eigenvalue weighted by atomic mass is 9.97. The quantitative estimate of drug-likeness (QED) is 0.230. The molecule has 0 unspecified atom stereocenters. The van der Waals surface area contributed by atoms with Crippen LogP contribution in [-0.2, 0) is 4.79 Å². The van der Waals surface area contributed by atoms with Crippen molar-refractivity contribution in [3.05, 3.63) is 53.3 Å². The second-order valence-electron chi connectivity index (χ2n) is 11.4. The summed E-state index contributed by atoms with van der Waals surface area (Å²) in [4.78, 5) is 30.5. The molecule has 2 aromatic carbocycles.